The minimum atomic E-state index is -0.638. The van der Waals surface area contributed by atoms with E-state index < -0.39 is 17.7 Å². The Bertz CT molecular complexity index is 465. The second-order valence-corrected chi connectivity index (χ2v) is 3.44. The topological polar surface area (TPSA) is 38.9 Å². The fraction of sp³-hybridized carbons (Fsp3) is 0.0833. The molecule has 0 spiro atoms. The molecular formula is C12H10F2N2. The van der Waals surface area contributed by atoms with Gasteiger partial charge in [-0.05, 0) is 29.8 Å². The van der Waals surface area contributed by atoms with E-state index in [1.54, 1.807) is 24.4 Å². The van der Waals surface area contributed by atoms with E-state index in [-0.39, 0.29) is 0 Å². The van der Waals surface area contributed by atoms with Crippen LogP contribution in [0.5, 0.6) is 0 Å². The van der Waals surface area contributed by atoms with Crippen molar-refractivity contribution >= 4 is 0 Å². The smallest absolute Gasteiger partial charge is 0.126 e. The molecule has 0 radical (unpaired) electrons. The molecule has 0 aliphatic carbocycles. The average molecular weight is 220 g/mol. The molecule has 16 heavy (non-hydrogen) atoms. The Morgan fingerprint density at radius 3 is 2.31 bits per heavy atom. The van der Waals surface area contributed by atoms with E-state index in [2.05, 4.69) is 4.98 Å². The second-order valence-electron chi connectivity index (χ2n) is 3.44. The molecule has 2 aromatic rings. The van der Waals surface area contributed by atoms with Gasteiger partial charge in [0, 0.05) is 12.3 Å². The molecule has 0 amide bonds. The monoisotopic (exact) mass is 220 g/mol. The molecular weight excluding hydrogens is 210 g/mol. The highest BCUT2D eigenvalue weighted by atomic mass is 19.1. The molecule has 82 valence electrons. The van der Waals surface area contributed by atoms with Crippen molar-refractivity contribution in [2.45, 2.75) is 6.04 Å². The van der Waals surface area contributed by atoms with Crippen LogP contribution in [0.1, 0.15) is 17.3 Å². The average Bonchev–Trinajstić information content (AvgIpc) is 2.28. The Hall–Kier alpha value is -1.81. The van der Waals surface area contributed by atoms with Crippen molar-refractivity contribution in [2.75, 3.05) is 0 Å². The predicted molar refractivity (Wildman–Crippen MR) is 56.6 cm³/mol. The fourth-order valence-corrected chi connectivity index (χ4v) is 1.49. The van der Waals surface area contributed by atoms with Gasteiger partial charge in [0.2, 0.25) is 0 Å². The van der Waals surface area contributed by atoms with Gasteiger partial charge in [0.05, 0.1) is 11.7 Å². The highest BCUT2D eigenvalue weighted by Gasteiger charge is 2.11. The van der Waals surface area contributed by atoms with Gasteiger partial charge in [-0.3, -0.25) is 4.98 Å². The Kier molecular flexibility index (Phi) is 2.92. The number of hydrogen-bond donors (Lipinski definition) is 1. The number of benzene rings is 1. The van der Waals surface area contributed by atoms with Crippen molar-refractivity contribution in [3.63, 3.8) is 0 Å². The highest BCUT2D eigenvalue weighted by Crippen LogP contribution is 2.19. The third kappa shape index (κ3) is 2.23. The van der Waals surface area contributed by atoms with Crippen LogP contribution in [0.2, 0.25) is 0 Å². The molecule has 0 bridgehead atoms. The number of nitrogens with two attached hydrogens (primary N) is 1. The van der Waals surface area contributed by atoms with Gasteiger partial charge < -0.3 is 5.73 Å². The quantitative estimate of drug-likeness (QED) is 0.844. The molecule has 2 rings (SSSR count). The largest absolute Gasteiger partial charge is 0.319 e. The van der Waals surface area contributed by atoms with Crippen LogP contribution in [0.15, 0.2) is 42.6 Å². The SMILES string of the molecule is NC(c1cc(F)cc(F)c1)c1ccccn1. The lowest BCUT2D eigenvalue weighted by Crippen LogP contribution is -2.13. The summed E-state index contributed by atoms with van der Waals surface area (Å²) in [6.45, 7) is 0. The lowest BCUT2D eigenvalue weighted by Gasteiger charge is -2.11. The molecule has 0 saturated carbocycles. The molecule has 1 aromatic carbocycles. The molecule has 0 saturated heterocycles. The van der Waals surface area contributed by atoms with Crippen molar-refractivity contribution in [2.24, 2.45) is 5.73 Å². The number of rotatable bonds is 2. The van der Waals surface area contributed by atoms with Crippen molar-refractivity contribution in [3.8, 4) is 0 Å². The van der Waals surface area contributed by atoms with Crippen LogP contribution >= 0.6 is 0 Å². The lowest BCUT2D eigenvalue weighted by atomic mass is 10.0. The summed E-state index contributed by atoms with van der Waals surface area (Å²) in [4.78, 5) is 4.04. The van der Waals surface area contributed by atoms with Gasteiger partial charge in [0.1, 0.15) is 11.6 Å². The highest BCUT2D eigenvalue weighted by molar-refractivity contribution is 5.28. The Morgan fingerprint density at radius 2 is 1.75 bits per heavy atom. The Balaban J connectivity index is 2.37. The summed E-state index contributed by atoms with van der Waals surface area (Å²) in [6.07, 6.45) is 1.59. The number of hydrogen-bond acceptors (Lipinski definition) is 2. The van der Waals surface area contributed by atoms with E-state index >= 15 is 0 Å². The first kappa shape index (κ1) is 10.7. The molecule has 1 unspecified atom stereocenters. The normalized spacial score (nSPS) is 12.4. The molecule has 0 aliphatic rings. The summed E-state index contributed by atoms with van der Waals surface area (Å²) in [5, 5.41) is 0. The second kappa shape index (κ2) is 4.37. The van der Waals surface area contributed by atoms with Crippen molar-refractivity contribution in [1.29, 1.82) is 0 Å². The van der Waals surface area contributed by atoms with Crippen LogP contribution < -0.4 is 5.73 Å². The van der Waals surface area contributed by atoms with E-state index in [0.717, 1.165) is 6.07 Å². The molecule has 2 N–H and O–H groups in total. The van der Waals surface area contributed by atoms with Crippen LogP contribution in [0.4, 0.5) is 8.78 Å². The molecule has 0 aliphatic heterocycles. The predicted octanol–water partition coefficient (Wildman–Crippen LogP) is 2.41. The number of aromatic nitrogens is 1. The van der Waals surface area contributed by atoms with Gasteiger partial charge in [-0.15, -0.1) is 0 Å². The minimum absolute atomic E-state index is 0.371. The van der Waals surface area contributed by atoms with Crippen LogP contribution in [-0.4, -0.2) is 4.98 Å². The summed E-state index contributed by atoms with van der Waals surface area (Å²) in [5.74, 6) is -1.28. The zero-order chi connectivity index (χ0) is 11.5. The van der Waals surface area contributed by atoms with Gasteiger partial charge in [-0.25, -0.2) is 8.78 Å². The molecule has 1 heterocycles. The van der Waals surface area contributed by atoms with Crippen LogP contribution in [0.3, 0.4) is 0 Å². The maximum atomic E-state index is 13.0. The molecule has 4 heteroatoms. The molecule has 2 nitrogen and oxygen atoms in total. The summed E-state index contributed by atoms with van der Waals surface area (Å²) >= 11 is 0. The maximum absolute atomic E-state index is 13.0. The minimum Gasteiger partial charge on any atom is -0.319 e. The van der Waals surface area contributed by atoms with Crippen molar-refractivity contribution < 1.29 is 8.78 Å². The number of halogens is 2. The van der Waals surface area contributed by atoms with Crippen LogP contribution in [0.25, 0.3) is 0 Å². The van der Waals surface area contributed by atoms with Gasteiger partial charge in [-0.2, -0.15) is 0 Å². The van der Waals surface area contributed by atoms with Crippen LogP contribution in [0, 0.1) is 11.6 Å². The van der Waals surface area contributed by atoms with E-state index in [9.17, 15) is 8.78 Å². The molecule has 1 aromatic heterocycles. The lowest BCUT2D eigenvalue weighted by molar-refractivity contribution is 0.577. The zero-order valence-electron chi connectivity index (χ0n) is 8.40. The zero-order valence-corrected chi connectivity index (χ0v) is 8.40. The summed E-state index contributed by atoms with van der Waals surface area (Å²) in [7, 11) is 0. The number of nitrogens with zero attached hydrogens (tertiary/aromatic N) is 1. The summed E-state index contributed by atoms with van der Waals surface area (Å²) in [5.41, 5.74) is 6.81. The molecule has 0 fully saturated rings. The fourth-order valence-electron chi connectivity index (χ4n) is 1.49. The van der Waals surface area contributed by atoms with Crippen molar-refractivity contribution in [1.82, 2.24) is 4.98 Å². The van der Waals surface area contributed by atoms with Gasteiger partial charge in [-0.1, -0.05) is 6.07 Å². The Morgan fingerprint density at radius 1 is 1.06 bits per heavy atom. The third-order valence-corrected chi connectivity index (χ3v) is 2.25. The first-order valence-corrected chi connectivity index (χ1v) is 4.79. The van der Waals surface area contributed by atoms with E-state index in [1.165, 1.54) is 12.1 Å². The van der Waals surface area contributed by atoms with Crippen molar-refractivity contribution in [3.05, 3.63) is 65.5 Å². The van der Waals surface area contributed by atoms with Gasteiger partial charge in [0.15, 0.2) is 0 Å². The van der Waals surface area contributed by atoms with E-state index in [0.29, 0.717) is 11.3 Å². The first-order valence-electron chi connectivity index (χ1n) is 4.79. The summed E-state index contributed by atoms with van der Waals surface area (Å²) < 4.78 is 26.0. The standard InChI is InChI=1S/C12H10F2N2/c13-9-5-8(6-10(14)7-9)12(15)11-3-1-2-4-16-11/h1-7,12H,15H2. The van der Waals surface area contributed by atoms with Gasteiger partial charge >= 0.3 is 0 Å². The molecule has 1 atom stereocenters. The first-order chi connectivity index (χ1) is 7.66. The Labute approximate surface area is 91.7 Å². The maximum Gasteiger partial charge on any atom is 0.126 e. The third-order valence-electron chi connectivity index (χ3n) is 2.25. The summed E-state index contributed by atoms with van der Waals surface area (Å²) in [6, 6.07) is 7.86. The number of pyridine rings is 1. The van der Waals surface area contributed by atoms with Gasteiger partial charge in [0.25, 0.3) is 0 Å². The van der Waals surface area contributed by atoms with E-state index in [1.807, 2.05) is 0 Å². The van der Waals surface area contributed by atoms with Crippen LogP contribution in [-0.2, 0) is 0 Å². The van der Waals surface area contributed by atoms with E-state index in [4.69, 9.17) is 5.73 Å².